The Bertz CT molecular complexity index is 3160. The number of para-hydroxylation sites is 3. The molecule has 0 bridgehead atoms. The molecule has 2 heteroatoms. The molecule has 2 heterocycles. The Hall–Kier alpha value is -7.16. The van der Waals surface area contributed by atoms with Gasteiger partial charge in [0.2, 0.25) is 0 Å². The maximum atomic E-state index is 2.47. The first-order chi connectivity index (χ1) is 27.8. The Labute approximate surface area is 326 Å². The van der Waals surface area contributed by atoms with Gasteiger partial charge in [0.25, 0.3) is 0 Å². The van der Waals surface area contributed by atoms with Crippen LogP contribution in [0.4, 0.5) is 0 Å². The van der Waals surface area contributed by atoms with Crippen LogP contribution in [0.1, 0.15) is 17.9 Å². The molecule has 0 radical (unpaired) electrons. The molecule has 56 heavy (non-hydrogen) atoms. The first kappa shape index (κ1) is 32.3. The van der Waals surface area contributed by atoms with Crippen LogP contribution < -0.4 is 0 Å². The second kappa shape index (κ2) is 13.3. The Morgan fingerprint density at radius 2 is 0.946 bits per heavy atom. The van der Waals surface area contributed by atoms with Crippen molar-refractivity contribution < 1.29 is 0 Å². The number of hydrogen-bond acceptors (Lipinski definition) is 0. The first-order valence-corrected chi connectivity index (χ1v) is 19.5. The van der Waals surface area contributed by atoms with E-state index in [0.29, 0.717) is 5.92 Å². The molecule has 11 rings (SSSR count). The van der Waals surface area contributed by atoms with E-state index in [1.54, 1.807) is 0 Å². The number of benzene rings is 8. The van der Waals surface area contributed by atoms with Crippen LogP contribution in [-0.2, 0) is 0 Å². The van der Waals surface area contributed by atoms with Gasteiger partial charge < -0.3 is 9.13 Å². The van der Waals surface area contributed by atoms with Crippen molar-refractivity contribution in [3.63, 3.8) is 0 Å². The zero-order chi connectivity index (χ0) is 37.0. The van der Waals surface area contributed by atoms with E-state index in [1.165, 1.54) is 93.9 Å². The highest BCUT2D eigenvalue weighted by Gasteiger charge is 2.19. The molecule has 1 aliphatic rings. The van der Waals surface area contributed by atoms with Gasteiger partial charge in [0.05, 0.1) is 27.8 Å². The molecule has 0 spiro atoms. The summed E-state index contributed by atoms with van der Waals surface area (Å²) in [5.74, 6) is 0.342. The Morgan fingerprint density at radius 3 is 1.62 bits per heavy atom. The van der Waals surface area contributed by atoms with Crippen molar-refractivity contribution in [2.24, 2.45) is 0 Å². The number of nitrogens with zero attached hydrogens (tertiary/aromatic N) is 2. The first-order valence-electron chi connectivity index (χ1n) is 19.5. The summed E-state index contributed by atoms with van der Waals surface area (Å²) in [5, 5.41) is 5.01. The summed E-state index contributed by atoms with van der Waals surface area (Å²) in [4.78, 5) is 0. The minimum Gasteiger partial charge on any atom is -0.309 e. The van der Waals surface area contributed by atoms with Gasteiger partial charge in [-0.15, -0.1) is 0 Å². The van der Waals surface area contributed by atoms with Crippen LogP contribution in [0.5, 0.6) is 0 Å². The molecular formula is C54H38N2. The number of aromatic nitrogens is 2. The Kier molecular flexibility index (Phi) is 7.67. The molecule has 1 atom stereocenters. The minimum atomic E-state index is 0.342. The molecule has 0 N–H and O–H groups in total. The van der Waals surface area contributed by atoms with Gasteiger partial charge in [-0.2, -0.15) is 0 Å². The lowest BCUT2D eigenvalue weighted by Crippen LogP contribution is -2.01. The quantitative estimate of drug-likeness (QED) is 0.162. The third-order valence-electron chi connectivity index (χ3n) is 11.6. The maximum absolute atomic E-state index is 2.47. The summed E-state index contributed by atoms with van der Waals surface area (Å²) in [7, 11) is 0. The molecule has 2 nitrogen and oxygen atoms in total. The summed E-state index contributed by atoms with van der Waals surface area (Å²) in [6.45, 7) is 0. The van der Waals surface area contributed by atoms with Crippen LogP contribution in [0.2, 0.25) is 0 Å². The lowest BCUT2D eigenvalue weighted by atomic mass is 9.89. The fourth-order valence-corrected chi connectivity index (χ4v) is 8.98. The van der Waals surface area contributed by atoms with Crippen molar-refractivity contribution >= 4 is 43.6 Å². The van der Waals surface area contributed by atoms with Crippen molar-refractivity contribution in [1.29, 1.82) is 0 Å². The lowest BCUT2D eigenvalue weighted by Gasteiger charge is -2.18. The van der Waals surface area contributed by atoms with Crippen molar-refractivity contribution in [2.45, 2.75) is 12.3 Å². The number of allylic oxidation sites excluding steroid dienone is 4. The van der Waals surface area contributed by atoms with Crippen molar-refractivity contribution in [3.8, 4) is 44.8 Å². The van der Waals surface area contributed by atoms with E-state index in [2.05, 4.69) is 221 Å². The zero-order valence-electron chi connectivity index (χ0n) is 30.9. The molecule has 0 saturated carbocycles. The molecule has 1 aliphatic carbocycles. The van der Waals surface area contributed by atoms with E-state index in [0.717, 1.165) is 6.42 Å². The van der Waals surface area contributed by atoms with E-state index in [9.17, 15) is 0 Å². The SMILES string of the molecule is C1=CCC(c2cc(-c3ccccc3)cc(-n3c4ccccc4c4cc(-c5ccc6c(c5)c5ccccc5n6-c5ccccc5-c5ccccc5)ccc43)c2)C=C1. The van der Waals surface area contributed by atoms with E-state index in [1.807, 2.05) is 0 Å². The average molecular weight is 715 g/mol. The summed E-state index contributed by atoms with van der Waals surface area (Å²) in [5.41, 5.74) is 15.9. The highest BCUT2D eigenvalue weighted by molar-refractivity contribution is 6.13. The van der Waals surface area contributed by atoms with E-state index >= 15 is 0 Å². The van der Waals surface area contributed by atoms with Crippen molar-refractivity contribution in [2.75, 3.05) is 0 Å². The fourth-order valence-electron chi connectivity index (χ4n) is 8.98. The summed E-state index contributed by atoms with van der Waals surface area (Å²) in [6, 6.07) is 69.1. The predicted octanol–water partition coefficient (Wildman–Crippen LogP) is 14.5. The van der Waals surface area contributed by atoms with Gasteiger partial charge in [-0.25, -0.2) is 0 Å². The smallest absolute Gasteiger partial charge is 0.0541 e. The van der Waals surface area contributed by atoms with Gasteiger partial charge in [-0.05, 0) is 94.4 Å². The monoisotopic (exact) mass is 714 g/mol. The molecular weight excluding hydrogens is 677 g/mol. The fraction of sp³-hybridized carbons (Fsp3) is 0.0370. The largest absolute Gasteiger partial charge is 0.309 e. The lowest BCUT2D eigenvalue weighted by molar-refractivity contribution is 0.852. The van der Waals surface area contributed by atoms with Crippen molar-refractivity contribution in [3.05, 3.63) is 218 Å². The van der Waals surface area contributed by atoms with Crippen LogP contribution in [0.25, 0.3) is 88.4 Å². The maximum Gasteiger partial charge on any atom is 0.0541 e. The van der Waals surface area contributed by atoms with Crippen LogP contribution in [0, 0.1) is 0 Å². The molecule has 8 aromatic carbocycles. The average Bonchev–Trinajstić information content (AvgIpc) is 3.79. The summed E-state index contributed by atoms with van der Waals surface area (Å²) in [6.07, 6.45) is 9.96. The third-order valence-corrected chi connectivity index (χ3v) is 11.6. The van der Waals surface area contributed by atoms with Gasteiger partial charge in [-0.1, -0.05) is 158 Å². The Morgan fingerprint density at radius 1 is 0.375 bits per heavy atom. The molecule has 0 fully saturated rings. The molecule has 0 amide bonds. The van der Waals surface area contributed by atoms with Gasteiger partial charge in [0, 0.05) is 38.7 Å². The van der Waals surface area contributed by atoms with Gasteiger partial charge in [-0.3, -0.25) is 0 Å². The highest BCUT2D eigenvalue weighted by Crippen LogP contribution is 2.41. The molecule has 10 aromatic rings. The minimum absolute atomic E-state index is 0.342. The number of hydrogen-bond donors (Lipinski definition) is 0. The summed E-state index contributed by atoms with van der Waals surface area (Å²) < 4.78 is 4.90. The predicted molar refractivity (Wildman–Crippen MR) is 237 cm³/mol. The van der Waals surface area contributed by atoms with Gasteiger partial charge >= 0.3 is 0 Å². The molecule has 0 aliphatic heterocycles. The molecule has 264 valence electrons. The third kappa shape index (κ3) is 5.33. The van der Waals surface area contributed by atoms with Crippen LogP contribution in [-0.4, -0.2) is 9.13 Å². The Balaban J connectivity index is 1.08. The summed E-state index contributed by atoms with van der Waals surface area (Å²) >= 11 is 0. The van der Waals surface area contributed by atoms with Crippen LogP contribution >= 0.6 is 0 Å². The second-order valence-corrected chi connectivity index (χ2v) is 14.9. The number of fused-ring (bicyclic) bond motifs is 6. The zero-order valence-corrected chi connectivity index (χ0v) is 30.9. The van der Waals surface area contributed by atoms with Crippen LogP contribution in [0.3, 0.4) is 0 Å². The van der Waals surface area contributed by atoms with Crippen LogP contribution in [0.15, 0.2) is 212 Å². The second-order valence-electron chi connectivity index (χ2n) is 14.9. The number of rotatable bonds is 6. The van der Waals surface area contributed by atoms with Crippen molar-refractivity contribution in [1.82, 2.24) is 9.13 Å². The van der Waals surface area contributed by atoms with E-state index in [4.69, 9.17) is 0 Å². The standard InChI is InChI=1S/C54H38N2/c1-4-16-37(17-5-1)42-32-43(38-18-6-2-7-19-38)34-44(33-42)55-51-26-14-11-23-46(51)48-35-40(28-30-53(48)55)41-29-31-54-49(36-41)47-24-12-15-27-52(47)56(54)50-25-13-10-22-45(50)39-20-8-3-9-21-39/h1-18,20-36,38H,19H2. The van der Waals surface area contributed by atoms with E-state index < -0.39 is 0 Å². The van der Waals surface area contributed by atoms with Gasteiger partial charge in [0.1, 0.15) is 0 Å². The van der Waals surface area contributed by atoms with E-state index in [-0.39, 0.29) is 0 Å². The van der Waals surface area contributed by atoms with Gasteiger partial charge in [0.15, 0.2) is 0 Å². The molecule has 2 aromatic heterocycles. The normalized spacial score (nSPS) is 14.0. The topological polar surface area (TPSA) is 9.86 Å². The highest BCUT2D eigenvalue weighted by atomic mass is 15.0. The molecule has 1 unspecified atom stereocenters. The molecule has 0 saturated heterocycles.